The third kappa shape index (κ3) is 3.39. The first-order chi connectivity index (χ1) is 8.70. The molecule has 1 fully saturated rings. The van der Waals surface area contributed by atoms with Crippen LogP contribution >= 0.6 is 11.6 Å². The lowest BCUT2D eigenvalue weighted by atomic mass is 9.79. The average molecular weight is 268 g/mol. The molecule has 0 aromatic heterocycles. The molecule has 0 saturated heterocycles. The van der Waals surface area contributed by atoms with Crippen LogP contribution in [0.25, 0.3) is 0 Å². The number of halogens is 1. The Labute approximate surface area is 114 Å². The number of benzene rings is 1. The number of hydrogen-bond donors (Lipinski definition) is 2. The molecule has 1 aromatic rings. The molecule has 3 heteroatoms. The van der Waals surface area contributed by atoms with Crippen molar-refractivity contribution in [1.82, 2.24) is 0 Å². The summed E-state index contributed by atoms with van der Waals surface area (Å²) < 4.78 is 0. The molecule has 0 amide bonds. The van der Waals surface area contributed by atoms with Crippen molar-refractivity contribution in [2.45, 2.75) is 32.6 Å². The van der Waals surface area contributed by atoms with Crippen molar-refractivity contribution < 1.29 is 5.11 Å². The number of rotatable bonds is 4. The van der Waals surface area contributed by atoms with E-state index in [1.54, 1.807) is 0 Å². The molecule has 2 N–H and O–H groups in total. The first-order valence-electron chi connectivity index (χ1n) is 6.81. The highest BCUT2D eigenvalue weighted by molar-refractivity contribution is 6.30. The van der Waals surface area contributed by atoms with Crippen LogP contribution in [0.5, 0.6) is 0 Å². The van der Waals surface area contributed by atoms with Crippen LogP contribution in [0.1, 0.15) is 31.2 Å². The normalized spacial score (nSPS) is 23.9. The maximum absolute atomic E-state index is 9.40. The van der Waals surface area contributed by atoms with Gasteiger partial charge in [-0.3, -0.25) is 0 Å². The number of aryl methyl sites for hydroxylation is 1. The second-order valence-corrected chi connectivity index (χ2v) is 5.76. The van der Waals surface area contributed by atoms with E-state index < -0.39 is 0 Å². The van der Waals surface area contributed by atoms with Gasteiger partial charge >= 0.3 is 0 Å². The first kappa shape index (κ1) is 13.7. The molecule has 0 heterocycles. The van der Waals surface area contributed by atoms with Crippen molar-refractivity contribution in [3.05, 3.63) is 28.8 Å². The van der Waals surface area contributed by atoms with Gasteiger partial charge in [-0.2, -0.15) is 0 Å². The van der Waals surface area contributed by atoms with Crippen LogP contribution in [0.3, 0.4) is 0 Å². The molecule has 2 nitrogen and oxygen atoms in total. The number of hydrogen-bond acceptors (Lipinski definition) is 2. The Morgan fingerprint density at radius 2 is 2.00 bits per heavy atom. The third-order valence-electron chi connectivity index (χ3n) is 4.04. The maximum Gasteiger partial charge on any atom is 0.0462 e. The minimum atomic E-state index is 0.325. The Morgan fingerprint density at radius 1 is 1.28 bits per heavy atom. The zero-order chi connectivity index (χ0) is 13.0. The van der Waals surface area contributed by atoms with Gasteiger partial charge in [0.05, 0.1) is 0 Å². The maximum atomic E-state index is 9.40. The van der Waals surface area contributed by atoms with Gasteiger partial charge in [0.15, 0.2) is 0 Å². The number of aliphatic hydroxyl groups excluding tert-OH is 1. The van der Waals surface area contributed by atoms with Crippen molar-refractivity contribution in [2.24, 2.45) is 11.8 Å². The Morgan fingerprint density at radius 3 is 2.67 bits per heavy atom. The Balaban J connectivity index is 1.93. The minimum Gasteiger partial charge on any atom is -0.396 e. The molecule has 1 aromatic carbocycles. The highest BCUT2D eigenvalue weighted by Gasteiger charge is 2.24. The summed E-state index contributed by atoms with van der Waals surface area (Å²) in [6, 6.07) is 5.93. The molecule has 2 atom stereocenters. The molecule has 2 rings (SSSR count). The van der Waals surface area contributed by atoms with Crippen molar-refractivity contribution in [2.75, 3.05) is 18.5 Å². The summed E-state index contributed by atoms with van der Waals surface area (Å²) in [7, 11) is 0. The molecule has 0 radical (unpaired) electrons. The summed E-state index contributed by atoms with van der Waals surface area (Å²) in [5.41, 5.74) is 2.33. The van der Waals surface area contributed by atoms with Crippen molar-refractivity contribution in [3.63, 3.8) is 0 Å². The predicted octanol–water partition coefficient (Wildman–Crippen LogP) is 3.86. The largest absolute Gasteiger partial charge is 0.396 e. The lowest BCUT2D eigenvalue weighted by Crippen LogP contribution is -2.28. The molecule has 1 aliphatic rings. The summed E-state index contributed by atoms with van der Waals surface area (Å²) in [5.74, 6) is 1.07. The molecular weight excluding hydrogens is 246 g/mol. The van der Waals surface area contributed by atoms with Crippen LogP contribution in [-0.2, 0) is 0 Å². The molecular formula is C15H22ClNO. The van der Waals surface area contributed by atoms with Gasteiger partial charge in [0.1, 0.15) is 0 Å². The fourth-order valence-electron chi connectivity index (χ4n) is 2.86. The molecule has 0 spiro atoms. The van der Waals surface area contributed by atoms with Gasteiger partial charge in [0.25, 0.3) is 0 Å². The summed E-state index contributed by atoms with van der Waals surface area (Å²) in [6.07, 6.45) is 4.96. The van der Waals surface area contributed by atoms with Gasteiger partial charge in [-0.1, -0.05) is 24.4 Å². The average Bonchev–Trinajstić information content (AvgIpc) is 2.38. The van der Waals surface area contributed by atoms with Crippen LogP contribution in [0.15, 0.2) is 18.2 Å². The van der Waals surface area contributed by atoms with Gasteiger partial charge in [-0.15, -0.1) is 0 Å². The van der Waals surface area contributed by atoms with E-state index in [1.807, 2.05) is 18.2 Å². The van der Waals surface area contributed by atoms with Crippen LogP contribution in [0.4, 0.5) is 5.69 Å². The van der Waals surface area contributed by atoms with Crippen molar-refractivity contribution in [3.8, 4) is 0 Å². The third-order valence-corrected chi connectivity index (χ3v) is 4.28. The summed E-state index contributed by atoms with van der Waals surface area (Å²) in [6.45, 7) is 3.35. The minimum absolute atomic E-state index is 0.325. The van der Waals surface area contributed by atoms with Gasteiger partial charge in [-0.05, 0) is 55.4 Å². The lowest BCUT2D eigenvalue weighted by molar-refractivity contribution is 0.141. The van der Waals surface area contributed by atoms with E-state index in [0.29, 0.717) is 18.4 Å². The highest BCUT2D eigenvalue weighted by Crippen LogP contribution is 2.30. The SMILES string of the molecule is Cc1cc(Cl)ccc1NCC1CCCCC1CO. The summed E-state index contributed by atoms with van der Waals surface area (Å²) >= 11 is 5.95. The predicted molar refractivity (Wildman–Crippen MR) is 77.2 cm³/mol. The van der Waals surface area contributed by atoms with Gasteiger partial charge < -0.3 is 10.4 Å². The van der Waals surface area contributed by atoms with E-state index in [0.717, 1.165) is 17.3 Å². The van der Waals surface area contributed by atoms with E-state index in [-0.39, 0.29) is 0 Å². The smallest absolute Gasteiger partial charge is 0.0462 e. The van der Waals surface area contributed by atoms with Crippen LogP contribution in [-0.4, -0.2) is 18.3 Å². The van der Waals surface area contributed by atoms with Crippen LogP contribution < -0.4 is 5.32 Å². The van der Waals surface area contributed by atoms with Gasteiger partial charge in [0.2, 0.25) is 0 Å². The molecule has 100 valence electrons. The van der Waals surface area contributed by atoms with E-state index in [9.17, 15) is 5.11 Å². The van der Waals surface area contributed by atoms with Crippen molar-refractivity contribution >= 4 is 17.3 Å². The van der Waals surface area contributed by atoms with E-state index in [4.69, 9.17) is 11.6 Å². The summed E-state index contributed by atoms with van der Waals surface area (Å²) in [5, 5.41) is 13.7. The fourth-order valence-corrected chi connectivity index (χ4v) is 3.09. The number of nitrogens with one attached hydrogen (secondary N) is 1. The first-order valence-corrected chi connectivity index (χ1v) is 7.19. The van der Waals surface area contributed by atoms with Crippen LogP contribution in [0.2, 0.25) is 5.02 Å². The van der Waals surface area contributed by atoms with E-state index in [1.165, 1.54) is 31.2 Å². The Bertz CT molecular complexity index is 394. The van der Waals surface area contributed by atoms with Gasteiger partial charge in [-0.25, -0.2) is 0 Å². The zero-order valence-corrected chi connectivity index (χ0v) is 11.7. The topological polar surface area (TPSA) is 32.3 Å². The zero-order valence-electron chi connectivity index (χ0n) is 11.0. The fraction of sp³-hybridized carbons (Fsp3) is 0.600. The molecule has 1 aliphatic carbocycles. The van der Waals surface area contributed by atoms with E-state index >= 15 is 0 Å². The molecule has 18 heavy (non-hydrogen) atoms. The van der Waals surface area contributed by atoms with Gasteiger partial charge in [0, 0.05) is 23.9 Å². The highest BCUT2D eigenvalue weighted by atomic mass is 35.5. The number of anilines is 1. The molecule has 1 saturated carbocycles. The Kier molecular flexibility index (Phi) is 4.90. The second-order valence-electron chi connectivity index (χ2n) is 5.33. The molecule has 2 unspecified atom stereocenters. The monoisotopic (exact) mass is 267 g/mol. The van der Waals surface area contributed by atoms with E-state index in [2.05, 4.69) is 12.2 Å². The van der Waals surface area contributed by atoms with Crippen LogP contribution in [0, 0.1) is 18.8 Å². The lowest BCUT2D eigenvalue weighted by Gasteiger charge is -2.30. The molecule has 0 aliphatic heterocycles. The summed E-state index contributed by atoms with van der Waals surface area (Å²) in [4.78, 5) is 0. The number of aliphatic hydroxyl groups is 1. The van der Waals surface area contributed by atoms with Crippen molar-refractivity contribution in [1.29, 1.82) is 0 Å². The standard InChI is InChI=1S/C15H22ClNO/c1-11-8-14(16)6-7-15(11)17-9-12-4-2-3-5-13(12)10-18/h6-8,12-13,17-18H,2-5,9-10H2,1H3. The Hall–Kier alpha value is -0.730. The molecule has 0 bridgehead atoms. The second kappa shape index (κ2) is 6.44. The quantitative estimate of drug-likeness (QED) is 0.868.